The molecule has 0 aliphatic carbocycles. The molecular weight excluding hydrogens is 216 g/mol. The average Bonchev–Trinajstić information content (AvgIpc) is 2.35. The van der Waals surface area contributed by atoms with Crippen LogP contribution in [-0.2, 0) is 10.3 Å². The molecule has 1 rings (SSSR count). The summed E-state index contributed by atoms with van der Waals surface area (Å²) in [7, 11) is 3.31. The zero-order valence-corrected chi connectivity index (χ0v) is 11.1. The Bertz CT molecular complexity index is 330. The van der Waals surface area contributed by atoms with Gasteiger partial charge in [-0.1, -0.05) is 19.1 Å². The van der Waals surface area contributed by atoms with Crippen LogP contribution in [0.3, 0.4) is 0 Å². The zero-order valence-electron chi connectivity index (χ0n) is 11.1. The molecule has 17 heavy (non-hydrogen) atoms. The van der Waals surface area contributed by atoms with Gasteiger partial charge in [-0.15, -0.1) is 0 Å². The van der Waals surface area contributed by atoms with Crippen molar-refractivity contribution in [3.05, 3.63) is 29.8 Å². The van der Waals surface area contributed by atoms with Gasteiger partial charge in [0.05, 0.1) is 12.7 Å². The van der Waals surface area contributed by atoms with E-state index in [9.17, 15) is 5.11 Å². The predicted molar refractivity (Wildman–Crippen MR) is 68.2 cm³/mol. The number of rotatable bonds is 6. The summed E-state index contributed by atoms with van der Waals surface area (Å²) in [5.74, 6) is 0.935. The summed E-state index contributed by atoms with van der Waals surface area (Å²) >= 11 is 0. The smallest absolute Gasteiger partial charge is 0.118 e. The van der Waals surface area contributed by atoms with Crippen molar-refractivity contribution in [2.24, 2.45) is 5.92 Å². The van der Waals surface area contributed by atoms with Crippen LogP contribution in [0.2, 0.25) is 0 Å². The van der Waals surface area contributed by atoms with Gasteiger partial charge in [-0.3, -0.25) is 0 Å². The molecule has 2 atom stereocenters. The lowest BCUT2D eigenvalue weighted by Gasteiger charge is -2.31. The van der Waals surface area contributed by atoms with Crippen LogP contribution < -0.4 is 4.74 Å². The third-order valence-electron chi connectivity index (χ3n) is 3.39. The molecular formula is C14H22O3. The molecule has 0 amide bonds. The molecule has 0 aromatic heterocycles. The standard InChI is InChI=1S/C14H22O3/c1-11(9-10-16-3)14(2,15)12-5-7-13(17-4)8-6-12/h5-8,11,15H,9-10H2,1-4H3. The quantitative estimate of drug-likeness (QED) is 0.828. The molecule has 0 saturated carbocycles. The molecule has 0 radical (unpaired) electrons. The van der Waals surface area contributed by atoms with Crippen LogP contribution in [0.4, 0.5) is 0 Å². The number of hydrogen-bond donors (Lipinski definition) is 1. The normalized spacial score (nSPS) is 16.3. The number of benzene rings is 1. The second-order valence-corrected chi connectivity index (χ2v) is 4.56. The topological polar surface area (TPSA) is 38.7 Å². The fourth-order valence-electron chi connectivity index (χ4n) is 1.79. The van der Waals surface area contributed by atoms with Gasteiger partial charge in [0.1, 0.15) is 5.75 Å². The molecule has 2 unspecified atom stereocenters. The third-order valence-corrected chi connectivity index (χ3v) is 3.39. The van der Waals surface area contributed by atoms with E-state index >= 15 is 0 Å². The summed E-state index contributed by atoms with van der Waals surface area (Å²) in [5.41, 5.74) is 0.0621. The van der Waals surface area contributed by atoms with Crippen molar-refractivity contribution in [2.75, 3.05) is 20.8 Å². The largest absolute Gasteiger partial charge is 0.497 e. The molecule has 1 N–H and O–H groups in total. The van der Waals surface area contributed by atoms with Crippen molar-refractivity contribution in [2.45, 2.75) is 25.9 Å². The second-order valence-electron chi connectivity index (χ2n) is 4.56. The maximum atomic E-state index is 10.5. The monoisotopic (exact) mass is 238 g/mol. The minimum Gasteiger partial charge on any atom is -0.497 e. The third kappa shape index (κ3) is 3.45. The Morgan fingerprint density at radius 2 is 1.82 bits per heavy atom. The molecule has 96 valence electrons. The van der Waals surface area contributed by atoms with Gasteiger partial charge in [-0.2, -0.15) is 0 Å². The Balaban J connectivity index is 2.79. The first kappa shape index (κ1) is 14.0. The first-order valence-electron chi connectivity index (χ1n) is 5.88. The van der Waals surface area contributed by atoms with Gasteiger partial charge in [0, 0.05) is 13.7 Å². The highest BCUT2D eigenvalue weighted by Gasteiger charge is 2.29. The SMILES string of the molecule is COCCC(C)C(C)(O)c1ccc(OC)cc1. The predicted octanol–water partition coefficient (Wildman–Crippen LogP) is 2.58. The summed E-state index contributed by atoms with van der Waals surface area (Å²) in [6.45, 7) is 4.53. The number of methoxy groups -OCH3 is 2. The molecule has 0 saturated heterocycles. The second kappa shape index (κ2) is 6.03. The van der Waals surface area contributed by atoms with E-state index in [0.29, 0.717) is 6.61 Å². The van der Waals surface area contributed by atoms with Crippen molar-refractivity contribution in [1.29, 1.82) is 0 Å². The number of ether oxygens (including phenoxy) is 2. The van der Waals surface area contributed by atoms with Crippen molar-refractivity contribution in [3.63, 3.8) is 0 Å². The lowest BCUT2D eigenvalue weighted by atomic mass is 9.82. The highest BCUT2D eigenvalue weighted by molar-refractivity contribution is 5.30. The summed E-state index contributed by atoms with van der Waals surface area (Å²) < 4.78 is 10.2. The molecule has 0 aliphatic rings. The van der Waals surface area contributed by atoms with Gasteiger partial charge < -0.3 is 14.6 Å². The Labute approximate surface area is 103 Å². The molecule has 0 fully saturated rings. The molecule has 1 aromatic rings. The van der Waals surface area contributed by atoms with E-state index in [1.165, 1.54) is 0 Å². The van der Waals surface area contributed by atoms with Gasteiger partial charge in [-0.25, -0.2) is 0 Å². The van der Waals surface area contributed by atoms with E-state index < -0.39 is 5.60 Å². The van der Waals surface area contributed by atoms with Gasteiger partial charge in [-0.05, 0) is 37.0 Å². The van der Waals surface area contributed by atoms with Crippen molar-refractivity contribution < 1.29 is 14.6 Å². The molecule has 0 aliphatic heterocycles. The van der Waals surface area contributed by atoms with Gasteiger partial charge >= 0.3 is 0 Å². The summed E-state index contributed by atoms with van der Waals surface area (Å²) in [6, 6.07) is 7.55. The lowest BCUT2D eigenvalue weighted by Crippen LogP contribution is -2.30. The highest BCUT2D eigenvalue weighted by atomic mass is 16.5. The van der Waals surface area contributed by atoms with E-state index in [1.54, 1.807) is 14.2 Å². The van der Waals surface area contributed by atoms with E-state index in [2.05, 4.69) is 0 Å². The molecule has 1 aromatic carbocycles. The Morgan fingerprint density at radius 1 is 1.24 bits per heavy atom. The minimum absolute atomic E-state index is 0.135. The van der Waals surface area contributed by atoms with E-state index in [0.717, 1.165) is 17.7 Å². The van der Waals surface area contributed by atoms with E-state index in [-0.39, 0.29) is 5.92 Å². The fraction of sp³-hybridized carbons (Fsp3) is 0.571. The summed E-state index contributed by atoms with van der Waals surface area (Å²) in [4.78, 5) is 0. The molecule has 0 spiro atoms. The number of hydrogen-bond acceptors (Lipinski definition) is 3. The van der Waals surface area contributed by atoms with E-state index in [4.69, 9.17) is 9.47 Å². The fourth-order valence-corrected chi connectivity index (χ4v) is 1.79. The maximum absolute atomic E-state index is 10.5. The van der Waals surface area contributed by atoms with Gasteiger partial charge in [0.25, 0.3) is 0 Å². The first-order valence-corrected chi connectivity index (χ1v) is 5.88. The van der Waals surface area contributed by atoms with Crippen LogP contribution in [0.15, 0.2) is 24.3 Å². The van der Waals surface area contributed by atoms with Crippen molar-refractivity contribution >= 4 is 0 Å². The van der Waals surface area contributed by atoms with Crippen LogP contribution in [0.1, 0.15) is 25.8 Å². The van der Waals surface area contributed by atoms with Crippen LogP contribution in [-0.4, -0.2) is 25.9 Å². The molecule has 0 bridgehead atoms. The first-order chi connectivity index (χ1) is 8.02. The summed E-state index contributed by atoms with van der Waals surface area (Å²) in [6.07, 6.45) is 0.829. The van der Waals surface area contributed by atoms with Crippen molar-refractivity contribution in [3.8, 4) is 5.75 Å². The summed E-state index contributed by atoms with van der Waals surface area (Å²) in [5, 5.41) is 10.5. The highest BCUT2D eigenvalue weighted by Crippen LogP contribution is 2.32. The van der Waals surface area contributed by atoms with E-state index in [1.807, 2.05) is 38.1 Å². The molecule has 3 heteroatoms. The van der Waals surface area contributed by atoms with Crippen LogP contribution >= 0.6 is 0 Å². The minimum atomic E-state index is -0.842. The zero-order chi connectivity index (χ0) is 12.9. The maximum Gasteiger partial charge on any atom is 0.118 e. The Hall–Kier alpha value is -1.06. The average molecular weight is 238 g/mol. The lowest BCUT2D eigenvalue weighted by molar-refractivity contribution is -0.0107. The Kier molecular flexibility index (Phi) is 4.97. The number of aliphatic hydroxyl groups is 1. The van der Waals surface area contributed by atoms with Crippen LogP contribution in [0.25, 0.3) is 0 Å². The molecule has 3 nitrogen and oxygen atoms in total. The van der Waals surface area contributed by atoms with Crippen LogP contribution in [0, 0.1) is 5.92 Å². The van der Waals surface area contributed by atoms with Gasteiger partial charge in [0.2, 0.25) is 0 Å². The Morgan fingerprint density at radius 3 is 2.29 bits per heavy atom. The molecule has 0 heterocycles. The van der Waals surface area contributed by atoms with Crippen molar-refractivity contribution in [1.82, 2.24) is 0 Å². The van der Waals surface area contributed by atoms with Crippen LogP contribution in [0.5, 0.6) is 5.75 Å². The van der Waals surface area contributed by atoms with Gasteiger partial charge in [0.15, 0.2) is 0 Å².